The summed E-state index contributed by atoms with van der Waals surface area (Å²) >= 11 is 0. The number of hydrogen-bond acceptors (Lipinski definition) is 2. The van der Waals surface area contributed by atoms with Gasteiger partial charge in [0.05, 0.1) is 5.57 Å². The van der Waals surface area contributed by atoms with E-state index in [-0.39, 0.29) is 5.57 Å². The summed E-state index contributed by atoms with van der Waals surface area (Å²) < 4.78 is 0. The van der Waals surface area contributed by atoms with Crippen LogP contribution >= 0.6 is 0 Å². The van der Waals surface area contributed by atoms with Gasteiger partial charge in [0.15, 0.2) is 0 Å². The number of allylic oxidation sites excluding steroid dienone is 4. The van der Waals surface area contributed by atoms with Gasteiger partial charge in [-0.25, -0.2) is 4.79 Å². The molecule has 0 aromatic heterocycles. The number of hydrogen-bond donors (Lipinski definition) is 2. The van der Waals surface area contributed by atoms with Gasteiger partial charge in [-0.3, -0.25) is 4.79 Å². The summed E-state index contributed by atoms with van der Waals surface area (Å²) in [5.41, 5.74) is 1.37. The second-order valence-corrected chi connectivity index (χ2v) is 3.63. The van der Waals surface area contributed by atoms with Gasteiger partial charge in [-0.15, -0.1) is 0 Å². The lowest BCUT2D eigenvalue weighted by atomic mass is 9.80. The number of aliphatic carboxylic acids is 2. The molecule has 0 aromatic rings. The van der Waals surface area contributed by atoms with Crippen molar-refractivity contribution in [2.24, 2.45) is 5.92 Å². The molecule has 0 aliphatic heterocycles. The van der Waals surface area contributed by atoms with Gasteiger partial charge in [0.25, 0.3) is 0 Å². The first kappa shape index (κ1) is 10.4. The molecule has 0 aromatic carbocycles. The Bertz CT molecular complexity index is 477. The molecule has 2 N–H and O–H groups in total. The first-order chi connectivity index (χ1) is 7.61. The highest BCUT2D eigenvalue weighted by atomic mass is 16.4. The van der Waals surface area contributed by atoms with Gasteiger partial charge in [-0.2, -0.15) is 0 Å². The Kier molecular flexibility index (Phi) is 2.48. The number of fused-ring (bicyclic) bond motifs is 1. The standard InChI is InChI=1S/C12H10O4/c13-11(14)9-5-6-10(12(15)16)8-4-2-1-3-7(8)9/h1-3,5-6,9H,4H2,(H,13,14)(H,15,16). The first-order valence-electron chi connectivity index (χ1n) is 4.86. The molecule has 0 amide bonds. The smallest absolute Gasteiger partial charge is 0.335 e. The van der Waals surface area contributed by atoms with Crippen LogP contribution in [0.1, 0.15) is 6.42 Å². The molecular formula is C12H10O4. The van der Waals surface area contributed by atoms with Gasteiger partial charge < -0.3 is 10.2 Å². The third-order valence-corrected chi connectivity index (χ3v) is 2.69. The quantitative estimate of drug-likeness (QED) is 0.736. The molecule has 2 aliphatic rings. The zero-order valence-corrected chi connectivity index (χ0v) is 8.38. The van der Waals surface area contributed by atoms with E-state index in [9.17, 15) is 9.59 Å². The minimum Gasteiger partial charge on any atom is -0.481 e. The lowest BCUT2D eigenvalue weighted by Crippen LogP contribution is -2.21. The maximum absolute atomic E-state index is 11.0. The third-order valence-electron chi connectivity index (χ3n) is 2.69. The summed E-state index contributed by atoms with van der Waals surface area (Å²) in [4.78, 5) is 22.0. The van der Waals surface area contributed by atoms with Crippen LogP contribution in [-0.2, 0) is 9.59 Å². The highest BCUT2D eigenvalue weighted by molar-refractivity contribution is 5.94. The van der Waals surface area contributed by atoms with E-state index in [1.165, 1.54) is 12.2 Å². The van der Waals surface area contributed by atoms with Crippen molar-refractivity contribution in [3.8, 4) is 0 Å². The molecular weight excluding hydrogens is 208 g/mol. The van der Waals surface area contributed by atoms with Crippen molar-refractivity contribution < 1.29 is 19.8 Å². The topological polar surface area (TPSA) is 74.6 Å². The first-order valence-corrected chi connectivity index (χ1v) is 4.86. The van der Waals surface area contributed by atoms with Crippen LogP contribution in [0.5, 0.6) is 0 Å². The van der Waals surface area contributed by atoms with Gasteiger partial charge in [0.2, 0.25) is 0 Å². The van der Waals surface area contributed by atoms with E-state index in [4.69, 9.17) is 10.2 Å². The number of carbonyl (C=O) groups is 2. The molecule has 4 heteroatoms. The molecule has 0 fully saturated rings. The number of rotatable bonds is 2. The zero-order chi connectivity index (χ0) is 11.7. The van der Waals surface area contributed by atoms with Gasteiger partial charge in [-0.1, -0.05) is 30.4 Å². The molecule has 82 valence electrons. The molecule has 0 bridgehead atoms. The predicted octanol–water partition coefficient (Wildman–Crippen LogP) is 1.52. The fourth-order valence-electron chi connectivity index (χ4n) is 1.95. The van der Waals surface area contributed by atoms with Gasteiger partial charge in [0.1, 0.15) is 5.92 Å². The van der Waals surface area contributed by atoms with Crippen molar-refractivity contribution in [2.45, 2.75) is 6.42 Å². The van der Waals surface area contributed by atoms with Crippen molar-refractivity contribution in [1.82, 2.24) is 0 Å². The molecule has 16 heavy (non-hydrogen) atoms. The largest absolute Gasteiger partial charge is 0.481 e. The molecule has 2 aliphatic carbocycles. The SMILES string of the molecule is O=C(O)C1=C2CC=CC=C2C(C(=O)O)C=C1. The van der Waals surface area contributed by atoms with Crippen LogP contribution in [-0.4, -0.2) is 22.2 Å². The summed E-state index contributed by atoms with van der Waals surface area (Å²) in [6, 6.07) is 0. The molecule has 4 nitrogen and oxygen atoms in total. The van der Waals surface area contributed by atoms with Crippen LogP contribution in [0.4, 0.5) is 0 Å². The molecule has 0 radical (unpaired) electrons. The van der Waals surface area contributed by atoms with E-state index < -0.39 is 17.9 Å². The fraction of sp³-hybridized carbons (Fsp3) is 0.167. The average molecular weight is 218 g/mol. The minimum absolute atomic E-state index is 0.188. The Labute approximate surface area is 91.9 Å². The molecule has 0 saturated carbocycles. The van der Waals surface area contributed by atoms with Gasteiger partial charge in [0, 0.05) is 0 Å². The Hall–Kier alpha value is -2.10. The summed E-state index contributed by atoms with van der Waals surface area (Å²) in [6.07, 6.45) is 8.52. The maximum Gasteiger partial charge on any atom is 0.335 e. The highest BCUT2D eigenvalue weighted by Crippen LogP contribution is 2.34. The molecule has 0 spiro atoms. The molecule has 0 saturated heterocycles. The van der Waals surface area contributed by atoms with Crippen LogP contribution in [0, 0.1) is 5.92 Å². The maximum atomic E-state index is 11.0. The van der Waals surface area contributed by atoms with Crippen molar-refractivity contribution in [3.05, 3.63) is 47.1 Å². The molecule has 1 atom stereocenters. The second-order valence-electron chi connectivity index (χ2n) is 3.63. The van der Waals surface area contributed by atoms with E-state index >= 15 is 0 Å². The average Bonchev–Trinajstić information content (AvgIpc) is 2.27. The van der Waals surface area contributed by atoms with Crippen LogP contribution < -0.4 is 0 Å². The summed E-state index contributed by atoms with van der Waals surface area (Å²) in [5, 5.41) is 18.0. The van der Waals surface area contributed by atoms with E-state index in [0.717, 1.165) is 0 Å². The van der Waals surface area contributed by atoms with Crippen molar-refractivity contribution in [2.75, 3.05) is 0 Å². The second kappa shape index (κ2) is 3.81. The Balaban J connectivity index is 2.52. The molecule has 2 rings (SSSR count). The molecule has 1 unspecified atom stereocenters. The highest BCUT2D eigenvalue weighted by Gasteiger charge is 2.29. The van der Waals surface area contributed by atoms with Crippen molar-refractivity contribution in [3.63, 3.8) is 0 Å². The van der Waals surface area contributed by atoms with Gasteiger partial charge in [-0.05, 0) is 17.6 Å². The van der Waals surface area contributed by atoms with Crippen LogP contribution in [0.25, 0.3) is 0 Å². The van der Waals surface area contributed by atoms with Gasteiger partial charge >= 0.3 is 11.9 Å². The molecule has 0 heterocycles. The zero-order valence-electron chi connectivity index (χ0n) is 8.38. The van der Waals surface area contributed by atoms with Crippen LogP contribution in [0.2, 0.25) is 0 Å². The monoisotopic (exact) mass is 218 g/mol. The van der Waals surface area contributed by atoms with E-state index in [0.29, 0.717) is 17.6 Å². The number of carboxylic acid groups (broad SMARTS) is 2. The normalized spacial score (nSPS) is 22.8. The number of carboxylic acids is 2. The third kappa shape index (κ3) is 1.58. The van der Waals surface area contributed by atoms with Crippen molar-refractivity contribution in [1.29, 1.82) is 0 Å². The van der Waals surface area contributed by atoms with Crippen LogP contribution in [0.3, 0.4) is 0 Å². The van der Waals surface area contributed by atoms with Crippen molar-refractivity contribution >= 4 is 11.9 Å². The minimum atomic E-state index is -1.02. The van der Waals surface area contributed by atoms with Crippen LogP contribution in [0.15, 0.2) is 47.1 Å². The Morgan fingerprint density at radius 1 is 1.31 bits per heavy atom. The predicted molar refractivity (Wildman–Crippen MR) is 56.8 cm³/mol. The van der Waals surface area contributed by atoms with E-state index in [1.54, 1.807) is 12.2 Å². The Morgan fingerprint density at radius 2 is 2.06 bits per heavy atom. The van der Waals surface area contributed by atoms with E-state index in [1.807, 2.05) is 6.08 Å². The fourth-order valence-corrected chi connectivity index (χ4v) is 1.95. The van der Waals surface area contributed by atoms with E-state index in [2.05, 4.69) is 0 Å². The summed E-state index contributed by atoms with van der Waals surface area (Å²) in [5.74, 6) is -2.71. The summed E-state index contributed by atoms with van der Waals surface area (Å²) in [6.45, 7) is 0. The lowest BCUT2D eigenvalue weighted by Gasteiger charge is -2.23. The Morgan fingerprint density at radius 3 is 2.69 bits per heavy atom. The lowest BCUT2D eigenvalue weighted by molar-refractivity contribution is -0.139. The summed E-state index contributed by atoms with van der Waals surface area (Å²) in [7, 11) is 0.